The molecule has 34 heavy (non-hydrogen) atoms. The van der Waals surface area contributed by atoms with E-state index in [4.69, 9.17) is 0 Å². The van der Waals surface area contributed by atoms with Crippen LogP contribution in [0.3, 0.4) is 0 Å². The van der Waals surface area contributed by atoms with Crippen LogP contribution in [-0.2, 0) is 0 Å². The van der Waals surface area contributed by atoms with E-state index in [0.29, 0.717) is 32.8 Å². The molecule has 1 amide bonds. The highest BCUT2D eigenvalue weighted by atomic mass is 32.1. The zero-order valence-electron chi connectivity index (χ0n) is 19.1. The number of benzene rings is 2. The van der Waals surface area contributed by atoms with Crippen LogP contribution in [0.25, 0.3) is 11.1 Å². The molecule has 0 spiro atoms. The van der Waals surface area contributed by atoms with E-state index in [2.05, 4.69) is 21.4 Å². The van der Waals surface area contributed by atoms with Crippen molar-refractivity contribution < 1.29 is 9.90 Å². The lowest BCUT2D eigenvalue weighted by atomic mass is 9.93. The highest BCUT2D eigenvalue weighted by Gasteiger charge is 2.20. The molecule has 2 aromatic carbocycles. The van der Waals surface area contributed by atoms with Gasteiger partial charge < -0.3 is 10.4 Å². The second-order valence-corrected chi connectivity index (χ2v) is 9.13. The predicted molar refractivity (Wildman–Crippen MR) is 132 cm³/mol. The second kappa shape index (κ2) is 9.96. The van der Waals surface area contributed by atoms with Crippen molar-refractivity contribution in [3.63, 3.8) is 0 Å². The maximum Gasteiger partial charge on any atom is 0.251 e. The lowest BCUT2D eigenvalue weighted by molar-refractivity contribution is 0.0939. The van der Waals surface area contributed by atoms with Gasteiger partial charge in [-0.15, -0.1) is 11.3 Å². The van der Waals surface area contributed by atoms with Crippen molar-refractivity contribution in [3.8, 4) is 17.2 Å². The van der Waals surface area contributed by atoms with Gasteiger partial charge in [0.1, 0.15) is 11.1 Å². The van der Waals surface area contributed by atoms with Gasteiger partial charge in [-0.2, -0.15) is 5.26 Å². The molecule has 0 aliphatic heterocycles. The number of hydrogen-bond donors (Lipinski definition) is 2. The van der Waals surface area contributed by atoms with Gasteiger partial charge in [0.2, 0.25) is 0 Å². The van der Waals surface area contributed by atoms with E-state index in [-0.39, 0.29) is 11.9 Å². The molecule has 0 bridgehead atoms. The molecule has 6 nitrogen and oxygen atoms in total. The summed E-state index contributed by atoms with van der Waals surface area (Å²) in [4.78, 5) is 21.8. The summed E-state index contributed by atoms with van der Waals surface area (Å²) in [6, 6.07) is 16.6. The quantitative estimate of drug-likeness (QED) is 0.402. The zero-order chi connectivity index (χ0) is 24.2. The third-order valence-electron chi connectivity index (χ3n) is 5.61. The number of nitrogens with zero attached hydrogens (tertiary/aromatic N) is 3. The van der Waals surface area contributed by atoms with Crippen molar-refractivity contribution in [3.05, 3.63) is 105 Å². The molecule has 0 saturated heterocycles. The molecule has 0 aliphatic rings. The summed E-state index contributed by atoms with van der Waals surface area (Å²) in [6.45, 7) is 5.73. The summed E-state index contributed by atoms with van der Waals surface area (Å²) >= 11 is 1.34. The number of pyridine rings is 1. The number of rotatable bonds is 6. The number of carbonyl (C=O) groups is 1. The molecular weight excluding hydrogens is 444 g/mol. The fraction of sp³-hybridized carbons (Fsp3) is 0.185. The summed E-state index contributed by atoms with van der Waals surface area (Å²) in [6.07, 6.45) is 2.40. The van der Waals surface area contributed by atoms with E-state index in [1.165, 1.54) is 11.3 Å². The molecule has 4 aromatic rings. The average molecular weight is 469 g/mol. The van der Waals surface area contributed by atoms with Crippen LogP contribution in [0.5, 0.6) is 0 Å². The van der Waals surface area contributed by atoms with Gasteiger partial charge in [0, 0.05) is 29.0 Å². The first-order valence-electron chi connectivity index (χ1n) is 10.8. The van der Waals surface area contributed by atoms with Gasteiger partial charge in [0.05, 0.1) is 17.7 Å². The Hall–Kier alpha value is -3.86. The highest BCUT2D eigenvalue weighted by Crippen LogP contribution is 2.31. The van der Waals surface area contributed by atoms with Crippen LogP contribution >= 0.6 is 11.3 Å². The van der Waals surface area contributed by atoms with Crippen LogP contribution < -0.4 is 5.32 Å². The van der Waals surface area contributed by atoms with Crippen LogP contribution in [0.1, 0.15) is 62.4 Å². The monoisotopic (exact) mass is 468 g/mol. The van der Waals surface area contributed by atoms with Crippen molar-refractivity contribution in [1.82, 2.24) is 15.3 Å². The number of aryl methyl sites for hydroxylation is 2. The Bertz CT molecular complexity index is 1360. The van der Waals surface area contributed by atoms with E-state index in [1.54, 1.807) is 29.9 Å². The molecule has 2 N–H and O–H groups in total. The third-order valence-corrected chi connectivity index (χ3v) is 6.43. The van der Waals surface area contributed by atoms with Crippen LogP contribution in [0.4, 0.5) is 0 Å². The fourth-order valence-electron chi connectivity index (χ4n) is 3.71. The molecule has 0 saturated carbocycles. The molecule has 4 rings (SSSR count). The maximum absolute atomic E-state index is 13.3. The number of aliphatic hydroxyl groups is 1. The SMILES string of the molecule is Cc1ccc(-c2cc(C(=O)N[C@H](C)c3ccc(C)nc3)cc(C(O)c3nccs3)c2)c(C#N)c1. The van der Waals surface area contributed by atoms with Gasteiger partial charge in [-0.25, -0.2) is 4.98 Å². The number of nitrogens with one attached hydrogen (secondary N) is 1. The molecule has 0 fully saturated rings. The standard InChI is InChI=1S/C27H24N4O2S/c1-16-4-7-24(23(10-16)14-28)20-11-21(25(32)27-29-8-9-34-27)13-22(12-20)26(33)31-18(3)19-6-5-17(2)30-15-19/h4-13,15,18,25,32H,1-3H3,(H,31,33)/t18-,25?/m1/s1. The lowest BCUT2D eigenvalue weighted by Crippen LogP contribution is -2.27. The van der Waals surface area contributed by atoms with Gasteiger partial charge in [-0.1, -0.05) is 18.2 Å². The minimum Gasteiger partial charge on any atom is -0.381 e. The average Bonchev–Trinajstić information content (AvgIpc) is 3.38. The molecule has 0 radical (unpaired) electrons. The number of carbonyl (C=O) groups excluding carboxylic acids is 1. The molecule has 2 atom stereocenters. The Balaban J connectivity index is 1.75. The number of aliphatic hydroxyl groups excluding tert-OH is 1. The number of thiazole rings is 1. The lowest BCUT2D eigenvalue weighted by Gasteiger charge is -2.17. The summed E-state index contributed by atoms with van der Waals surface area (Å²) in [5, 5.41) is 26.0. The first kappa shape index (κ1) is 23.3. The topological polar surface area (TPSA) is 98.9 Å². The minimum atomic E-state index is -0.985. The van der Waals surface area contributed by atoms with Crippen molar-refractivity contribution in [2.45, 2.75) is 32.9 Å². The predicted octanol–water partition coefficient (Wildman–Crippen LogP) is 5.27. The molecule has 2 heterocycles. The first-order chi connectivity index (χ1) is 16.4. The van der Waals surface area contributed by atoms with Gasteiger partial charge in [-0.3, -0.25) is 9.78 Å². The summed E-state index contributed by atoms with van der Waals surface area (Å²) < 4.78 is 0. The van der Waals surface area contributed by atoms with E-state index < -0.39 is 6.10 Å². The zero-order valence-corrected chi connectivity index (χ0v) is 19.9. The van der Waals surface area contributed by atoms with Gasteiger partial charge >= 0.3 is 0 Å². The summed E-state index contributed by atoms with van der Waals surface area (Å²) in [5.41, 5.74) is 5.58. The molecule has 170 valence electrons. The largest absolute Gasteiger partial charge is 0.381 e. The van der Waals surface area contributed by atoms with Crippen molar-refractivity contribution in [2.24, 2.45) is 0 Å². The smallest absolute Gasteiger partial charge is 0.251 e. The Morgan fingerprint density at radius 2 is 1.91 bits per heavy atom. The van der Waals surface area contributed by atoms with E-state index >= 15 is 0 Å². The molecule has 2 aromatic heterocycles. The first-order valence-corrected chi connectivity index (χ1v) is 11.7. The van der Waals surface area contributed by atoms with E-state index in [1.807, 2.05) is 57.2 Å². The second-order valence-electron chi connectivity index (χ2n) is 8.21. The number of nitriles is 1. The van der Waals surface area contributed by atoms with Crippen LogP contribution in [0.15, 0.2) is 66.3 Å². The number of amides is 1. The summed E-state index contributed by atoms with van der Waals surface area (Å²) in [5.74, 6) is -0.284. The van der Waals surface area contributed by atoms with E-state index in [0.717, 1.165) is 16.8 Å². The maximum atomic E-state index is 13.3. The molecule has 7 heteroatoms. The van der Waals surface area contributed by atoms with Gasteiger partial charge in [0.15, 0.2) is 0 Å². The van der Waals surface area contributed by atoms with Gasteiger partial charge in [0.25, 0.3) is 5.91 Å². The minimum absolute atomic E-state index is 0.259. The van der Waals surface area contributed by atoms with E-state index in [9.17, 15) is 15.2 Å². The number of hydrogen-bond acceptors (Lipinski definition) is 6. The van der Waals surface area contributed by atoms with Crippen LogP contribution in [0.2, 0.25) is 0 Å². The number of aromatic nitrogens is 2. The third kappa shape index (κ3) is 5.04. The molecular formula is C27H24N4O2S. The van der Waals surface area contributed by atoms with Crippen molar-refractivity contribution in [2.75, 3.05) is 0 Å². The van der Waals surface area contributed by atoms with Crippen molar-refractivity contribution in [1.29, 1.82) is 5.26 Å². The fourth-order valence-corrected chi connectivity index (χ4v) is 4.36. The molecule has 1 unspecified atom stereocenters. The summed E-state index contributed by atoms with van der Waals surface area (Å²) in [7, 11) is 0. The Morgan fingerprint density at radius 3 is 2.59 bits per heavy atom. The van der Waals surface area contributed by atoms with Crippen molar-refractivity contribution >= 4 is 17.2 Å². The van der Waals surface area contributed by atoms with Gasteiger partial charge in [-0.05, 0) is 78.9 Å². The normalized spacial score (nSPS) is 12.6. The van der Waals surface area contributed by atoms with Crippen LogP contribution in [0, 0.1) is 25.2 Å². The Labute approximate surface area is 202 Å². The Morgan fingerprint density at radius 1 is 1.09 bits per heavy atom. The van der Waals surface area contributed by atoms with Crippen LogP contribution in [-0.4, -0.2) is 21.0 Å². The highest BCUT2D eigenvalue weighted by molar-refractivity contribution is 7.09. The molecule has 0 aliphatic carbocycles. The Kier molecular flexibility index (Phi) is 6.82.